The Kier molecular flexibility index (Phi) is 8.53. The number of hydrogen-bond acceptors (Lipinski definition) is 2. The predicted molar refractivity (Wildman–Crippen MR) is 60.2 cm³/mol. The maximum atomic E-state index is 8.51. The van der Waals surface area contributed by atoms with Crippen molar-refractivity contribution in [3.8, 4) is 0 Å². The maximum Gasteiger partial charge on any atom is 0.227 e. The molecule has 0 saturated heterocycles. The molecule has 0 aromatic carbocycles. The van der Waals surface area contributed by atoms with Crippen LogP contribution in [0.3, 0.4) is 0 Å². The predicted octanol–water partition coefficient (Wildman–Crippen LogP) is -0.633. The van der Waals surface area contributed by atoms with Crippen LogP contribution >= 0.6 is 0 Å². The van der Waals surface area contributed by atoms with E-state index >= 15 is 0 Å². The average molecular weight is 243 g/mol. The van der Waals surface area contributed by atoms with Crippen molar-refractivity contribution in [1.29, 1.82) is 0 Å². The molecule has 0 aliphatic heterocycles. The van der Waals surface area contributed by atoms with Gasteiger partial charge in [-0.25, -0.2) is 0 Å². The third-order valence-electron chi connectivity index (χ3n) is 2.42. The zero-order valence-electron chi connectivity index (χ0n) is 9.64. The Bertz CT molecular complexity index is 316. The fourth-order valence-corrected chi connectivity index (χ4v) is 1.58. The highest BCUT2D eigenvalue weighted by atomic mass is 35.5. The fourth-order valence-electron chi connectivity index (χ4n) is 1.58. The molecule has 1 N–H and O–H groups in total. The van der Waals surface area contributed by atoms with Crippen molar-refractivity contribution in [2.45, 2.75) is 39.2 Å². The molecular formula is C12H19ClN2O. The van der Waals surface area contributed by atoms with Crippen molar-refractivity contribution in [1.82, 2.24) is 0 Å². The first-order valence-electron chi connectivity index (χ1n) is 5.54. The molecule has 0 fully saturated rings. The summed E-state index contributed by atoms with van der Waals surface area (Å²) in [5, 5.41) is 11.6. The van der Waals surface area contributed by atoms with Crippen LogP contribution in [-0.2, 0) is 6.54 Å². The Morgan fingerprint density at radius 3 is 2.81 bits per heavy atom. The van der Waals surface area contributed by atoms with E-state index in [0.29, 0.717) is 0 Å². The lowest BCUT2D eigenvalue weighted by atomic mass is 10.2. The maximum absolute atomic E-state index is 8.51. The second-order valence-corrected chi connectivity index (χ2v) is 3.62. The van der Waals surface area contributed by atoms with Gasteiger partial charge in [-0.3, -0.25) is 0 Å². The molecule has 0 amide bonds. The fraction of sp³-hybridized carbons (Fsp3) is 0.500. The molecule has 1 aromatic rings. The molecule has 1 aromatic heterocycles. The molecule has 0 radical (unpaired) electrons. The molecule has 1 heterocycles. The number of hydrogen-bond donors (Lipinski definition) is 1. The van der Waals surface area contributed by atoms with Crippen LogP contribution in [0.15, 0.2) is 29.6 Å². The second kappa shape index (κ2) is 9.16. The summed E-state index contributed by atoms with van der Waals surface area (Å²) in [6, 6.07) is 5.88. The zero-order chi connectivity index (χ0) is 10.9. The minimum atomic E-state index is 0. The number of nitrogens with zero attached hydrogens (tertiary/aromatic N) is 2. The Balaban J connectivity index is 0.00000225. The quantitative estimate of drug-likeness (QED) is 0.233. The van der Waals surface area contributed by atoms with Gasteiger partial charge in [-0.05, 0) is 12.5 Å². The van der Waals surface area contributed by atoms with Gasteiger partial charge in [-0.1, -0.05) is 24.9 Å². The number of rotatable bonds is 6. The smallest absolute Gasteiger partial charge is 0.227 e. The summed E-state index contributed by atoms with van der Waals surface area (Å²) >= 11 is 0. The lowest BCUT2D eigenvalue weighted by Crippen LogP contribution is -3.00. The summed E-state index contributed by atoms with van der Waals surface area (Å²) in [5.74, 6) is 0. The molecule has 90 valence electrons. The lowest BCUT2D eigenvalue weighted by molar-refractivity contribution is -0.698. The molecule has 0 unspecified atom stereocenters. The van der Waals surface area contributed by atoms with Crippen molar-refractivity contribution in [3.05, 3.63) is 30.1 Å². The topological polar surface area (TPSA) is 36.5 Å². The Hall–Kier alpha value is -1.09. The van der Waals surface area contributed by atoms with Gasteiger partial charge in [0, 0.05) is 18.6 Å². The van der Waals surface area contributed by atoms with Crippen molar-refractivity contribution in [3.63, 3.8) is 0 Å². The molecule has 0 bridgehead atoms. The molecule has 0 spiro atoms. The van der Waals surface area contributed by atoms with Crippen LogP contribution < -0.4 is 17.0 Å². The Morgan fingerprint density at radius 1 is 1.31 bits per heavy atom. The number of aryl methyl sites for hydroxylation is 1. The van der Waals surface area contributed by atoms with E-state index in [9.17, 15) is 0 Å². The molecule has 3 nitrogen and oxygen atoms in total. The standard InChI is InChI=1S/C12H18N2O.ClH/c1-2-3-4-6-9-14-10-7-5-8-12(14)11-13-15;/h5,7-8,10-11H,2-4,6,9H2,1H3;1H. The largest absolute Gasteiger partial charge is 1.00 e. The number of halogens is 1. The second-order valence-electron chi connectivity index (χ2n) is 3.62. The summed E-state index contributed by atoms with van der Waals surface area (Å²) in [5.41, 5.74) is 0.941. The highest BCUT2D eigenvalue weighted by Crippen LogP contribution is 1.99. The van der Waals surface area contributed by atoms with Crippen LogP contribution in [0.1, 0.15) is 38.3 Å². The van der Waals surface area contributed by atoms with Gasteiger partial charge in [0.2, 0.25) is 5.69 Å². The Labute approximate surface area is 103 Å². The van der Waals surface area contributed by atoms with Crippen molar-refractivity contribution in [2.75, 3.05) is 0 Å². The van der Waals surface area contributed by atoms with Gasteiger partial charge < -0.3 is 17.6 Å². The summed E-state index contributed by atoms with van der Waals surface area (Å²) in [4.78, 5) is 0. The summed E-state index contributed by atoms with van der Waals surface area (Å²) in [7, 11) is 0. The van der Waals surface area contributed by atoms with Crippen molar-refractivity contribution in [2.24, 2.45) is 5.16 Å². The number of unbranched alkanes of at least 4 members (excludes halogenated alkanes) is 3. The molecule has 4 heteroatoms. The summed E-state index contributed by atoms with van der Waals surface area (Å²) < 4.78 is 2.11. The molecule has 1 rings (SSSR count). The molecule has 0 saturated carbocycles. The van der Waals surface area contributed by atoms with Crippen LogP contribution in [0, 0.1) is 0 Å². The van der Waals surface area contributed by atoms with E-state index in [4.69, 9.17) is 5.21 Å². The van der Waals surface area contributed by atoms with Crippen LogP contribution in [0.4, 0.5) is 0 Å². The van der Waals surface area contributed by atoms with E-state index in [2.05, 4.69) is 16.6 Å². The summed E-state index contributed by atoms with van der Waals surface area (Å²) in [6.45, 7) is 3.20. The first-order chi connectivity index (χ1) is 7.38. The van der Waals surface area contributed by atoms with Crippen LogP contribution in [-0.4, -0.2) is 11.4 Å². The highest BCUT2D eigenvalue weighted by Gasteiger charge is 2.05. The van der Waals surface area contributed by atoms with Gasteiger partial charge in [0.15, 0.2) is 6.20 Å². The van der Waals surface area contributed by atoms with Gasteiger partial charge in [-0.2, -0.15) is 4.57 Å². The van der Waals surface area contributed by atoms with Gasteiger partial charge >= 0.3 is 0 Å². The van der Waals surface area contributed by atoms with Crippen LogP contribution in [0.25, 0.3) is 0 Å². The van der Waals surface area contributed by atoms with E-state index in [1.54, 1.807) is 0 Å². The van der Waals surface area contributed by atoms with Gasteiger partial charge in [0.05, 0.1) is 0 Å². The van der Waals surface area contributed by atoms with Crippen LogP contribution in [0.2, 0.25) is 0 Å². The van der Waals surface area contributed by atoms with Crippen molar-refractivity contribution < 1.29 is 22.2 Å². The Morgan fingerprint density at radius 2 is 2.12 bits per heavy atom. The monoisotopic (exact) mass is 242 g/mol. The van der Waals surface area contributed by atoms with Gasteiger partial charge in [-0.15, -0.1) is 0 Å². The van der Waals surface area contributed by atoms with E-state index in [0.717, 1.165) is 12.2 Å². The van der Waals surface area contributed by atoms with E-state index in [-0.39, 0.29) is 12.4 Å². The molecular weight excluding hydrogens is 224 g/mol. The SMILES string of the molecule is CCCCCC[n+]1ccccc1C=NO.[Cl-]. The van der Waals surface area contributed by atoms with E-state index in [1.807, 2.05) is 24.4 Å². The summed E-state index contributed by atoms with van der Waals surface area (Å²) in [6.07, 6.45) is 8.47. The van der Waals surface area contributed by atoms with Crippen LogP contribution in [0.5, 0.6) is 0 Å². The minimum Gasteiger partial charge on any atom is -1.00 e. The number of oxime groups is 1. The first kappa shape index (κ1) is 14.9. The van der Waals surface area contributed by atoms with Crippen molar-refractivity contribution >= 4 is 6.21 Å². The normalized spacial score (nSPS) is 10.3. The average Bonchev–Trinajstić information content (AvgIpc) is 2.27. The van der Waals surface area contributed by atoms with E-state index in [1.165, 1.54) is 31.9 Å². The molecule has 0 atom stereocenters. The number of pyridine rings is 1. The first-order valence-corrected chi connectivity index (χ1v) is 5.54. The van der Waals surface area contributed by atoms with Gasteiger partial charge in [0.25, 0.3) is 0 Å². The zero-order valence-corrected chi connectivity index (χ0v) is 10.4. The highest BCUT2D eigenvalue weighted by molar-refractivity contribution is 5.74. The molecule has 16 heavy (non-hydrogen) atoms. The third kappa shape index (κ3) is 5.12. The number of aromatic nitrogens is 1. The molecule has 0 aliphatic carbocycles. The van der Waals surface area contributed by atoms with E-state index < -0.39 is 0 Å². The third-order valence-corrected chi connectivity index (χ3v) is 2.42. The van der Waals surface area contributed by atoms with Gasteiger partial charge in [0.1, 0.15) is 12.8 Å². The molecule has 0 aliphatic rings. The minimum absolute atomic E-state index is 0. The lowest BCUT2D eigenvalue weighted by Gasteiger charge is -1.99.